The van der Waals surface area contributed by atoms with Crippen molar-refractivity contribution in [2.24, 2.45) is 0 Å². The molecule has 4 nitrogen and oxygen atoms in total. The van der Waals surface area contributed by atoms with Gasteiger partial charge in [-0.25, -0.2) is 4.98 Å². The lowest BCUT2D eigenvalue weighted by molar-refractivity contribution is 0.778. The Morgan fingerprint density at radius 2 is 1.95 bits per heavy atom. The third-order valence-corrected chi connectivity index (χ3v) is 3.47. The van der Waals surface area contributed by atoms with Gasteiger partial charge >= 0.3 is 0 Å². The molecule has 2 heterocycles. The molecule has 2 aromatic rings. The molecule has 19 heavy (non-hydrogen) atoms. The van der Waals surface area contributed by atoms with Crippen LogP contribution in [0.5, 0.6) is 0 Å². The van der Waals surface area contributed by atoms with Gasteiger partial charge in [0.2, 0.25) is 5.95 Å². The molecule has 1 aromatic heterocycles. The summed E-state index contributed by atoms with van der Waals surface area (Å²) in [5.41, 5.74) is 9.37. The molecule has 0 atom stereocenters. The molecular formula is C15H18N4. The molecule has 4 heteroatoms. The Bertz CT molecular complexity index is 566. The first-order chi connectivity index (χ1) is 9.33. The van der Waals surface area contributed by atoms with Crippen molar-refractivity contribution < 1.29 is 0 Å². The molecule has 0 saturated heterocycles. The molecule has 98 valence electrons. The highest BCUT2D eigenvalue weighted by atomic mass is 15.1. The average molecular weight is 254 g/mol. The maximum Gasteiger partial charge on any atom is 0.222 e. The molecular weight excluding hydrogens is 236 g/mol. The summed E-state index contributed by atoms with van der Waals surface area (Å²) < 4.78 is 0. The van der Waals surface area contributed by atoms with Crippen LogP contribution in [-0.2, 0) is 12.8 Å². The lowest BCUT2D eigenvalue weighted by atomic mass is 10.0. The van der Waals surface area contributed by atoms with Crippen molar-refractivity contribution in [2.45, 2.75) is 25.7 Å². The normalized spacial score (nSPS) is 14.3. The number of nitrogen functional groups attached to an aromatic ring is 1. The van der Waals surface area contributed by atoms with E-state index in [1.165, 1.54) is 24.0 Å². The van der Waals surface area contributed by atoms with Crippen molar-refractivity contribution in [1.29, 1.82) is 0 Å². The molecule has 0 spiro atoms. The number of nitrogens with one attached hydrogen (secondary N) is 1. The number of hydrogen-bond donors (Lipinski definition) is 2. The van der Waals surface area contributed by atoms with Crippen LogP contribution in [0, 0.1) is 0 Å². The maximum atomic E-state index is 5.83. The molecule has 0 radical (unpaired) electrons. The van der Waals surface area contributed by atoms with Crippen LogP contribution in [0.4, 0.5) is 11.8 Å². The predicted octanol–water partition coefficient (Wildman–Crippen LogP) is 2.40. The highest BCUT2D eigenvalue weighted by molar-refractivity contribution is 5.51. The van der Waals surface area contributed by atoms with E-state index in [9.17, 15) is 0 Å². The number of rotatable bonds is 2. The lowest BCUT2D eigenvalue weighted by Crippen LogP contribution is -2.10. The van der Waals surface area contributed by atoms with Gasteiger partial charge in [0.25, 0.3) is 0 Å². The zero-order valence-corrected chi connectivity index (χ0v) is 10.9. The van der Waals surface area contributed by atoms with Gasteiger partial charge in [-0.05, 0) is 24.8 Å². The minimum Gasteiger partial charge on any atom is -0.370 e. The second-order valence-electron chi connectivity index (χ2n) is 4.90. The third kappa shape index (κ3) is 2.67. The zero-order valence-electron chi connectivity index (χ0n) is 10.9. The number of hydrogen-bond acceptors (Lipinski definition) is 4. The highest BCUT2D eigenvalue weighted by Gasteiger charge is 2.15. The second-order valence-corrected chi connectivity index (χ2v) is 4.90. The molecule has 1 aromatic carbocycles. The Balaban J connectivity index is 1.98. The molecule has 0 bridgehead atoms. The molecule has 3 N–H and O–H groups in total. The van der Waals surface area contributed by atoms with Gasteiger partial charge < -0.3 is 11.1 Å². The van der Waals surface area contributed by atoms with Crippen LogP contribution < -0.4 is 11.1 Å². The van der Waals surface area contributed by atoms with Crippen molar-refractivity contribution in [3.8, 4) is 0 Å². The van der Waals surface area contributed by atoms with E-state index in [1.54, 1.807) is 0 Å². The summed E-state index contributed by atoms with van der Waals surface area (Å²) in [4.78, 5) is 8.78. The second kappa shape index (κ2) is 5.26. The Hall–Kier alpha value is -2.10. The predicted molar refractivity (Wildman–Crippen MR) is 77.1 cm³/mol. The van der Waals surface area contributed by atoms with Gasteiger partial charge in [-0.15, -0.1) is 0 Å². The summed E-state index contributed by atoms with van der Waals surface area (Å²) in [6.45, 7) is 0.966. The summed E-state index contributed by atoms with van der Waals surface area (Å²) in [6, 6.07) is 10.4. The first kappa shape index (κ1) is 12.0. The number of nitrogens with two attached hydrogens (primary N) is 1. The van der Waals surface area contributed by atoms with Crippen molar-refractivity contribution in [1.82, 2.24) is 9.97 Å². The van der Waals surface area contributed by atoms with E-state index in [2.05, 4.69) is 39.6 Å². The SMILES string of the molecule is Nc1nc(Cc2ccccc2)c2c(n1)NCCCC2. The minimum absolute atomic E-state index is 0.360. The number of anilines is 2. The monoisotopic (exact) mass is 254 g/mol. The molecule has 0 aliphatic carbocycles. The maximum absolute atomic E-state index is 5.83. The largest absolute Gasteiger partial charge is 0.370 e. The third-order valence-electron chi connectivity index (χ3n) is 3.47. The van der Waals surface area contributed by atoms with Crippen molar-refractivity contribution in [3.63, 3.8) is 0 Å². The standard InChI is InChI=1S/C15H18N4/c16-15-18-13(10-11-6-2-1-3-7-11)12-8-4-5-9-17-14(12)19-15/h1-3,6-7H,4-5,8-10H2,(H3,16,17,18,19). The smallest absolute Gasteiger partial charge is 0.222 e. The van der Waals surface area contributed by atoms with Crippen LogP contribution in [0.15, 0.2) is 30.3 Å². The molecule has 3 rings (SSSR count). The Morgan fingerprint density at radius 1 is 1.11 bits per heavy atom. The van der Waals surface area contributed by atoms with E-state index in [-0.39, 0.29) is 0 Å². The van der Waals surface area contributed by atoms with Gasteiger partial charge in [-0.1, -0.05) is 30.3 Å². The van der Waals surface area contributed by atoms with E-state index in [0.717, 1.165) is 30.9 Å². The molecule has 0 amide bonds. The summed E-state index contributed by atoms with van der Waals surface area (Å²) in [5, 5.41) is 3.36. The molecule has 0 saturated carbocycles. The fraction of sp³-hybridized carbons (Fsp3) is 0.333. The van der Waals surface area contributed by atoms with E-state index < -0.39 is 0 Å². The van der Waals surface area contributed by atoms with E-state index in [4.69, 9.17) is 5.73 Å². The number of fused-ring (bicyclic) bond motifs is 1. The van der Waals surface area contributed by atoms with Crippen LogP contribution in [-0.4, -0.2) is 16.5 Å². The first-order valence-electron chi connectivity index (χ1n) is 6.76. The van der Waals surface area contributed by atoms with Crippen LogP contribution in [0.25, 0.3) is 0 Å². The van der Waals surface area contributed by atoms with Crippen molar-refractivity contribution in [3.05, 3.63) is 47.2 Å². The number of nitrogens with zero attached hydrogens (tertiary/aromatic N) is 2. The van der Waals surface area contributed by atoms with Crippen LogP contribution >= 0.6 is 0 Å². The summed E-state index contributed by atoms with van der Waals surface area (Å²) in [6.07, 6.45) is 4.19. The Kier molecular flexibility index (Phi) is 3.31. The first-order valence-corrected chi connectivity index (χ1v) is 6.76. The summed E-state index contributed by atoms with van der Waals surface area (Å²) in [5.74, 6) is 1.29. The van der Waals surface area contributed by atoms with Crippen LogP contribution in [0.3, 0.4) is 0 Å². The zero-order chi connectivity index (χ0) is 13.1. The Labute approximate surface area is 113 Å². The van der Waals surface area contributed by atoms with E-state index in [0.29, 0.717) is 5.95 Å². The summed E-state index contributed by atoms with van der Waals surface area (Å²) in [7, 11) is 0. The van der Waals surface area contributed by atoms with Gasteiger partial charge in [-0.2, -0.15) is 4.98 Å². The Morgan fingerprint density at radius 3 is 2.79 bits per heavy atom. The van der Waals surface area contributed by atoms with E-state index >= 15 is 0 Å². The quantitative estimate of drug-likeness (QED) is 0.863. The van der Waals surface area contributed by atoms with Crippen LogP contribution in [0.2, 0.25) is 0 Å². The topological polar surface area (TPSA) is 63.8 Å². The molecule has 0 unspecified atom stereocenters. The van der Waals surface area contributed by atoms with Gasteiger partial charge in [0, 0.05) is 18.5 Å². The van der Waals surface area contributed by atoms with E-state index in [1.807, 2.05) is 6.07 Å². The average Bonchev–Trinajstić information content (AvgIpc) is 2.65. The van der Waals surface area contributed by atoms with Crippen molar-refractivity contribution >= 4 is 11.8 Å². The number of aromatic nitrogens is 2. The summed E-state index contributed by atoms with van der Waals surface area (Å²) >= 11 is 0. The van der Waals surface area contributed by atoms with Gasteiger partial charge in [0.1, 0.15) is 5.82 Å². The fourth-order valence-corrected chi connectivity index (χ4v) is 2.53. The minimum atomic E-state index is 0.360. The molecule has 0 fully saturated rings. The molecule has 1 aliphatic rings. The lowest BCUT2D eigenvalue weighted by Gasteiger charge is -2.12. The van der Waals surface area contributed by atoms with Gasteiger partial charge in [-0.3, -0.25) is 0 Å². The molecule has 1 aliphatic heterocycles. The van der Waals surface area contributed by atoms with Gasteiger partial charge in [0.15, 0.2) is 0 Å². The van der Waals surface area contributed by atoms with Crippen LogP contribution in [0.1, 0.15) is 29.7 Å². The number of benzene rings is 1. The highest BCUT2D eigenvalue weighted by Crippen LogP contribution is 2.24. The van der Waals surface area contributed by atoms with Gasteiger partial charge in [0.05, 0.1) is 5.69 Å². The fourth-order valence-electron chi connectivity index (χ4n) is 2.53. The van der Waals surface area contributed by atoms with Crippen molar-refractivity contribution in [2.75, 3.05) is 17.6 Å².